The minimum Gasteiger partial charge on any atom is -0.398 e. The van der Waals surface area contributed by atoms with Crippen molar-refractivity contribution in [1.29, 1.82) is 0 Å². The molecule has 1 aromatic carbocycles. The van der Waals surface area contributed by atoms with Crippen molar-refractivity contribution in [3.05, 3.63) is 23.8 Å². The smallest absolute Gasteiger partial charge is 0.0560 e. The van der Waals surface area contributed by atoms with Gasteiger partial charge in [-0.1, -0.05) is 19.9 Å². The van der Waals surface area contributed by atoms with E-state index in [0.29, 0.717) is 0 Å². The van der Waals surface area contributed by atoms with Gasteiger partial charge < -0.3 is 10.5 Å². The van der Waals surface area contributed by atoms with Crippen LogP contribution in [0.25, 0.3) is 0 Å². The summed E-state index contributed by atoms with van der Waals surface area (Å²) >= 11 is 1.82. The largest absolute Gasteiger partial charge is 0.398 e. The number of ether oxygens (including phenoxy) is 1. The molecule has 0 spiro atoms. The molecule has 0 radical (unpaired) electrons. The van der Waals surface area contributed by atoms with Crippen molar-refractivity contribution in [2.24, 2.45) is 5.92 Å². The number of rotatable bonds is 7. The average Bonchev–Trinajstić information content (AvgIpc) is 2.28. The molecule has 0 aliphatic heterocycles. The summed E-state index contributed by atoms with van der Waals surface area (Å²) in [7, 11) is 0. The SMILES string of the molecule is Cc1c(N)cccc1SCCOCCC(C)C. The van der Waals surface area contributed by atoms with Crippen LogP contribution in [-0.4, -0.2) is 19.0 Å². The van der Waals surface area contributed by atoms with E-state index in [-0.39, 0.29) is 0 Å². The van der Waals surface area contributed by atoms with E-state index >= 15 is 0 Å². The summed E-state index contributed by atoms with van der Waals surface area (Å²) in [5, 5.41) is 0. The lowest BCUT2D eigenvalue weighted by atomic mass is 10.1. The van der Waals surface area contributed by atoms with E-state index in [1.807, 2.05) is 23.9 Å². The molecule has 2 nitrogen and oxygen atoms in total. The Labute approximate surface area is 109 Å². The van der Waals surface area contributed by atoms with Crippen LogP contribution in [0.4, 0.5) is 5.69 Å². The first kappa shape index (κ1) is 14.4. The topological polar surface area (TPSA) is 35.2 Å². The first-order valence-electron chi connectivity index (χ1n) is 6.17. The predicted octanol–water partition coefficient (Wildman–Crippen LogP) is 3.73. The summed E-state index contributed by atoms with van der Waals surface area (Å²) in [5.74, 6) is 1.71. The molecular formula is C14H23NOS. The third-order valence-corrected chi connectivity index (χ3v) is 3.77. The monoisotopic (exact) mass is 253 g/mol. The summed E-state index contributed by atoms with van der Waals surface area (Å²) in [6.07, 6.45) is 1.14. The maximum atomic E-state index is 5.86. The van der Waals surface area contributed by atoms with E-state index in [9.17, 15) is 0 Å². The van der Waals surface area contributed by atoms with Gasteiger partial charge in [0.2, 0.25) is 0 Å². The van der Waals surface area contributed by atoms with Gasteiger partial charge in [-0.05, 0) is 37.0 Å². The molecule has 2 N–H and O–H groups in total. The number of nitrogens with two attached hydrogens (primary N) is 1. The average molecular weight is 253 g/mol. The summed E-state index contributed by atoms with van der Waals surface area (Å²) < 4.78 is 5.58. The quantitative estimate of drug-likeness (QED) is 0.457. The van der Waals surface area contributed by atoms with Gasteiger partial charge >= 0.3 is 0 Å². The molecule has 0 atom stereocenters. The van der Waals surface area contributed by atoms with Crippen molar-refractivity contribution < 1.29 is 4.74 Å². The fourth-order valence-corrected chi connectivity index (χ4v) is 2.35. The molecule has 17 heavy (non-hydrogen) atoms. The van der Waals surface area contributed by atoms with Crippen molar-refractivity contribution in [1.82, 2.24) is 0 Å². The highest BCUT2D eigenvalue weighted by Crippen LogP contribution is 2.25. The molecule has 96 valence electrons. The highest BCUT2D eigenvalue weighted by atomic mass is 32.2. The number of hydrogen-bond acceptors (Lipinski definition) is 3. The van der Waals surface area contributed by atoms with Gasteiger partial charge in [-0.3, -0.25) is 0 Å². The number of benzene rings is 1. The molecule has 1 aromatic rings. The zero-order chi connectivity index (χ0) is 12.7. The molecule has 0 aliphatic carbocycles. The number of thioether (sulfide) groups is 1. The van der Waals surface area contributed by atoms with Gasteiger partial charge in [-0.25, -0.2) is 0 Å². The fraction of sp³-hybridized carbons (Fsp3) is 0.571. The Kier molecular flexibility index (Phi) is 6.45. The summed E-state index contributed by atoms with van der Waals surface area (Å²) in [6.45, 7) is 8.18. The van der Waals surface area contributed by atoms with E-state index in [1.54, 1.807) is 0 Å². The third kappa shape index (κ3) is 5.46. The maximum absolute atomic E-state index is 5.86. The Morgan fingerprint density at radius 3 is 2.76 bits per heavy atom. The van der Waals surface area contributed by atoms with Gasteiger partial charge in [0.15, 0.2) is 0 Å². The number of nitrogen functional groups attached to an aromatic ring is 1. The summed E-state index contributed by atoms with van der Waals surface area (Å²) in [4.78, 5) is 1.26. The number of hydrogen-bond donors (Lipinski definition) is 1. The van der Waals surface area contributed by atoms with Gasteiger partial charge in [-0.2, -0.15) is 0 Å². The molecular weight excluding hydrogens is 230 g/mol. The Balaban J connectivity index is 2.20. The van der Waals surface area contributed by atoms with Crippen molar-refractivity contribution in [3.63, 3.8) is 0 Å². The van der Waals surface area contributed by atoms with Crippen LogP contribution < -0.4 is 5.73 Å². The Bertz CT molecular complexity index is 339. The molecule has 0 heterocycles. The van der Waals surface area contributed by atoms with E-state index in [4.69, 9.17) is 10.5 Å². The minimum absolute atomic E-state index is 0.721. The standard InChI is InChI=1S/C14H23NOS/c1-11(2)7-8-16-9-10-17-14-6-4-5-13(15)12(14)3/h4-6,11H,7-10,15H2,1-3H3. The highest BCUT2D eigenvalue weighted by molar-refractivity contribution is 7.99. The van der Waals surface area contributed by atoms with E-state index < -0.39 is 0 Å². The lowest BCUT2D eigenvalue weighted by Gasteiger charge is -2.09. The third-order valence-electron chi connectivity index (χ3n) is 2.65. The van der Waals surface area contributed by atoms with Crippen LogP contribution in [0.1, 0.15) is 25.8 Å². The second-order valence-corrected chi connectivity index (χ2v) is 5.75. The molecule has 0 fully saturated rings. The van der Waals surface area contributed by atoms with Crippen LogP contribution in [0.15, 0.2) is 23.1 Å². The van der Waals surface area contributed by atoms with Gasteiger partial charge in [0.25, 0.3) is 0 Å². The summed E-state index contributed by atoms with van der Waals surface area (Å²) in [6, 6.07) is 6.06. The second-order valence-electron chi connectivity index (χ2n) is 4.61. The van der Waals surface area contributed by atoms with Gasteiger partial charge in [0.05, 0.1) is 6.61 Å². The molecule has 0 unspecified atom stereocenters. The lowest BCUT2D eigenvalue weighted by Crippen LogP contribution is -2.02. The molecule has 0 saturated carbocycles. The molecule has 3 heteroatoms. The van der Waals surface area contributed by atoms with Crippen LogP contribution >= 0.6 is 11.8 Å². The first-order chi connectivity index (χ1) is 8.11. The maximum Gasteiger partial charge on any atom is 0.0560 e. The molecule has 1 rings (SSSR count). The molecule has 0 aromatic heterocycles. The number of anilines is 1. The Hall–Kier alpha value is -0.670. The van der Waals surface area contributed by atoms with Crippen LogP contribution in [0, 0.1) is 12.8 Å². The van der Waals surface area contributed by atoms with Gasteiger partial charge in [-0.15, -0.1) is 11.8 Å². The molecule has 0 amide bonds. The van der Waals surface area contributed by atoms with E-state index in [2.05, 4.69) is 26.8 Å². The van der Waals surface area contributed by atoms with Crippen LogP contribution in [0.2, 0.25) is 0 Å². The molecule has 0 saturated heterocycles. The van der Waals surface area contributed by atoms with E-state index in [1.165, 1.54) is 10.5 Å². The zero-order valence-corrected chi connectivity index (χ0v) is 11.8. The first-order valence-corrected chi connectivity index (χ1v) is 7.15. The van der Waals surface area contributed by atoms with Crippen molar-refractivity contribution in [2.45, 2.75) is 32.1 Å². The predicted molar refractivity (Wildman–Crippen MR) is 76.6 cm³/mol. The van der Waals surface area contributed by atoms with Crippen molar-refractivity contribution in [2.75, 3.05) is 24.7 Å². The zero-order valence-electron chi connectivity index (χ0n) is 11.0. The van der Waals surface area contributed by atoms with E-state index in [0.717, 1.165) is 37.0 Å². The van der Waals surface area contributed by atoms with Gasteiger partial charge in [0, 0.05) is 22.9 Å². The Morgan fingerprint density at radius 1 is 1.29 bits per heavy atom. The van der Waals surface area contributed by atoms with Crippen LogP contribution in [0.3, 0.4) is 0 Å². The second kappa shape index (κ2) is 7.62. The molecule has 0 aliphatic rings. The fourth-order valence-electron chi connectivity index (χ4n) is 1.42. The van der Waals surface area contributed by atoms with Crippen molar-refractivity contribution >= 4 is 17.4 Å². The van der Waals surface area contributed by atoms with Crippen LogP contribution in [0.5, 0.6) is 0 Å². The molecule has 0 bridgehead atoms. The van der Waals surface area contributed by atoms with Crippen molar-refractivity contribution in [3.8, 4) is 0 Å². The van der Waals surface area contributed by atoms with Crippen LogP contribution in [-0.2, 0) is 4.74 Å². The minimum atomic E-state index is 0.721. The lowest BCUT2D eigenvalue weighted by molar-refractivity contribution is 0.138. The Morgan fingerprint density at radius 2 is 2.06 bits per heavy atom. The highest BCUT2D eigenvalue weighted by Gasteiger charge is 2.01. The summed E-state index contributed by atoms with van der Waals surface area (Å²) in [5.41, 5.74) is 7.91. The normalized spacial score (nSPS) is 11.1. The van der Waals surface area contributed by atoms with Gasteiger partial charge in [0.1, 0.15) is 0 Å².